The number of carbonyl (C=O) groups is 1. The van der Waals surface area contributed by atoms with E-state index in [1.165, 1.54) is 12.1 Å². The molecule has 10 heteroatoms. The molecule has 1 aromatic carbocycles. The van der Waals surface area contributed by atoms with Crippen LogP contribution in [0.15, 0.2) is 34.3 Å². The number of sulfonamides is 1. The molecular formula is C17H19BrFNO6S. The van der Waals surface area contributed by atoms with Gasteiger partial charge in [-0.15, -0.1) is 0 Å². The first-order chi connectivity index (χ1) is 12.8. The van der Waals surface area contributed by atoms with Crippen LogP contribution in [0.4, 0.5) is 10.1 Å². The summed E-state index contributed by atoms with van der Waals surface area (Å²) >= 11 is 3.13. The lowest BCUT2D eigenvalue weighted by atomic mass is 9.94. The molecular weight excluding hydrogens is 445 g/mol. The van der Waals surface area contributed by atoms with E-state index in [1.807, 2.05) is 0 Å². The molecule has 3 rings (SSSR count). The van der Waals surface area contributed by atoms with E-state index >= 15 is 0 Å². The second-order valence-corrected chi connectivity index (χ2v) is 8.84. The fraction of sp³-hybridized carbons (Fsp3) is 0.471. The average Bonchev–Trinajstić information content (AvgIpc) is 3.05. The molecule has 1 unspecified atom stereocenters. The zero-order valence-corrected chi connectivity index (χ0v) is 16.9. The molecule has 0 radical (unpaired) electrons. The number of hydrogen-bond acceptors (Lipinski definition) is 6. The number of halogens is 2. The van der Waals surface area contributed by atoms with Crippen molar-refractivity contribution in [2.45, 2.75) is 30.8 Å². The topological polar surface area (TPSA) is 90.9 Å². The SMILES string of the molecule is CCOC(=O)C1=CC2(CCC1S(=O)(=O)Nc1ccc(F)cc1Br)OCCO2. The summed E-state index contributed by atoms with van der Waals surface area (Å²) in [5.74, 6) is -2.33. The molecule has 1 heterocycles. The van der Waals surface area contributed by atoms with Gasteiger partial charge in [0.2, 0.25) is 10.0 Å². The Kier molecular flexibility index (Phi) is 5.90. The van der Waals surface area contributed by atoms with Crippen molar-refractivity contribution in [2.24, 2.45) is 0 Å². The molecule has 1 spiro atoms. The van der Waals surface area contributed by atoms with E-state index in [0.29, 0.717) is 13.2 Å². The van der Waals surface area contributed by atoms with Crippen LogP contribution in [0.1, 0.15) is 19.8 Å². The molecule has 0 saturated carbocycles. The Hall–Kier alpha value is -1.49. The van der Waals surface area contributed by atoms with Crippen LogP contribution >= 0.6 is 15.9 Å². The highest BCUT2D eigenvalue weighted by atomic mass is 79.9. The molecule has 0 bridgehead atoms. The van der Waals surface area contributed by atoms with Crippen LogP contribution in [0.2, 0.25) is 0 Å². The maximum absolute atomic E-state index is 13.3. The van der Waals surface area contributed by atoms with Gasteiger partial charge in [-0.05, 0) is 53.5 Å². The van der Waals surface area contributed by atoms with Crippen molar-refractivity contribution in [3.63, 3.8) is 0 Å². The maximum atomic E-state index is 13.3. The number of esters is 1. The van der Waals surface area contributed by atoms with Gasteiger partial charge in [0.25, 0.3) is 0 Å². The smallest absolute Gasteiger partial charge is 0.335 e. The number of benzene rings is 1. The maximum Gasteiger partial charge on any atom is 0.335 e. The third kappa shape index (κ3) is 4.34. The van der Waals surface area contributed by atoms with Crippen molar-refractivity contribution < 1.29 is 31.8 Å². The van der Waals surface area contributed by atoms with Crippen LogP contribution in [0.25, 0.3) is 0 Å². The van der Waals surface area contributed by atoms with Gasteiger partial charge in [0.15, 0.2) is 5.79 Å². The Morgan fingerprint density at radius 2 is 2.11 bits per heavy atom. The average molecular weight is 464 g/mol. The zero-order valence-electron chi connectivity index (χ0n) is 14.5. The summed E-state index contributed by atoms with van der Waals surface area (Å²) in [6.07, 6.45) is 1.80. The minimum absolute atomic E-state index is 0.0317. The lowest BCUT2D eigenvalue weighted by molar-refractivity contribution is -0.143. The standard InChI is InChI=1S/C17H19BrFNO6S/c1-2-24-16(21)12-10-17(25-7-8-26-17)6-5-15(12)27(22,23)20-14-4-3-11(19)9-13(14)18/h3-4,9-10,15,20H,2,5-8H2,1H3. The third-order valence-corrected chi connectivity index (χ3v) is 6.72. The Morgan fingerprint density at radius 1 is 1.41 bits per heavy atom. The van der Waals surface area contributed by atoms with E-state index in [4.69, 9.17) is 14.2 Å². The van der Waals surface area contributed by atoms with E-state index in [9.17, 15) is 17.6 Å². The van der Waals surface area contributed by atoms with Crippen molar-refractivity contribution in [3.8, 4) is 0 Å². The molecule has 2 aliphatic rings. The second-order valence-electron chi connectivity index (χ2n) is 6.13. The van der Waals surface area contributed by atoms with Crippen LogP contribution in [0, 0.1) is 5.82 Å². The Labute approximate surface area is 165 Å². The fourth-order valence-corrected chi connectivity index (χ4v) is 5.25. The summed E-state index contributed by atoms with van der Waals surface area (Å²) in [5.41, 5.74) is 0.143. The molecule has 1 saturated heterocycles. The Bertz CT molecular complexity index is 866. The summed E-state index contributed by atoms with van der Waals surface area (Å²) in [7, 11) is -4.01. The van der Waals surface area contributed by atoms with Gasteiger partial charge in [0.05, 0.1) is 31.1 Å². The minimum atomic E-state index is -4.01. The van der Waals surface area contributed by atoms with Gasteiger partial charge in [-0.25, -0.2) is 17.6 Å². The van der Waals surface area contributed by atoms with Gasteiger partial charge in [-0.2, -0.15) is 0 Å². The summed E-state index contributed by atoms with van der Waals surface area (Å²) in [4.78, 5) is 12.4. The second kappa shape index (κ2) is 7.86. The molecule has 1 aromatic rings. The number of hydrogen-bond donors (Lipinski definition) is 1. The van der Waals surface area contributed by atoms with Crippen molar-refractivity contribution in [3.05, 3.63) is 40.1 Å². The van der Waals surface area contributed by atoms with Gasteiger partial charge in [0, 0.05) is 10.9 Å². The van der Waals surface area contributed by atoms with E-state index in [-0.39, 0.29) is 35.2 Å². The number of anilines is 1. The first kappa shape index (κ1) is 20.2. The summed E-state index contributed by atoms with van der Waals surface area (Å²) in [6, 6.07) is 3.59. The van der Waals surface area contributed by atoms with Crippen LogP contribution in [0.5, 0.6) is 0 Å². The highest BCUT2D eigenvalue weighted by molar-refractivity contribution is 9.10. The number of ether oxygens (including phenoxy) is 3. The molecule has 1 fully saturated rings. The third-order valence-electron chi connectivity index (χ3n) is 4.32. The van der Waals surface area contributed by atoms with Crippen LogP contribution < -0.4 is 4.72 Å². The van der Waals surface area contributed by atoms with E-state index in [1.54, 1.807) is 6.92 Å². The number of nitrogens with one attached hydrogen (secondary N) is 1. The molecule has 1 atom stereocenters. The molecule has 0 aromatic heterocycles. The molecule has 148 valence electrons. The highest BCUT2D eigenvalue weighted by Crippen LogP contribution is 2.38. The molecule has 1 aliphatic carbocycles. The predicted octanol–water partition coefficient (Wildman–Crippen LogP) is 2.72. The largest absolute Gasteiger partial charge is 0.463 e. The molecule has 1 aliphatic heterocycles. The monoisotopic (exact) mass is 463 g/mol. The zero-order chi connectivity index (χ0) is 19.7. The van der Waals surface area contributed by atoms with Crippen LogP contribution in [-0.2, 0) is 29.0 Å². The van der Waals surface area contributed by atoms with E-state index in [2.05, 4.69) is 20.7 Å². The molecule has 7 nitrogen and oxygen atoms in total. The van der Waals surface area contributed by atoms with Gasteiger partial charge < -0.3 is 14.2 Å². The van der Waals surface area contributed by atoms with E-state index < -0.39 is 32.8 Å². The summed E-state index contributed by atoms with van der Waals surface area (Å²) in [5, 5.41) is -1.15. The van der Waals surface area contributed by atoms with Gasteiger partial charge >= 0.3 is 5.97 Å². The number of carbonyl (C=O) groups excluding carboxylic acids is 1. The molecule has 1 N–H and O–H groups in total. The van der Waals surface area contributed by atoms with Crippen molar-refractivity contribution in [1.82, 2.24) is 0 Å². The Morgan fingerprint density at radius 3 is 2.74 bits per heavy atom. The Balaban J connectivity index is 1.93. The van der Waals surface area contributed by atoms with Crippen molar-refractivity contribution in [1.29, 1.82) is 0 Å². The molecule has 0 amide bonds. The summed E-state index contributed by atoms with van der Waals surface area (Å²) in [6.45, 7) is 2.47. The predicted molar refractivity (Wildman–Crippen MR) is 99.0 cm³/mol. The van der Waals surface area contributed by atoms with E-state index in [0.717, 1.165) is 12.1 Å². The van der Waals surface area contributed by atoms with Crippen LogP contribution in [-0.4, -0.2) is 45.2 Å². The quantitative estimate of drug-likeness (QED) is 0.675. The lowest BCUT2D eigenvalue weighted by Gasteiger charge is -2.33. The van der Waals surface area contributed by atoms with Crippen molar-refractivity contribution >= 4 is 37.6 Å². The fourth-order valence-electron chi connectivity index (χ4n) is 3.11. The van der Waals surface area contributed by atoms with Gasteiger partial charge in [0.1, 0.15) is 11.1 Å². The lowest BCUT2D eigenvalue weighted by Crippen LogP contribution is -2.42. The first-order valence-corrected chi connectivity index (χ1v) is 10.7. The van der Waals surface area contributed by atoms with Crippen molar-refractivity contribution in [2.75, 3.05) is 24.5 Å². The van der Waals surface area contributed by atoms with Gasteiger partial charge in [-0.1, -0.05) is 0 Å². The van der Waals surface area contributed by atoms with Gasteiger partial charge in [-0.3, -0.25) is 4.72 Å². The minimum Gasteiger partial charge on any atom is -0.463 e. The highest BCUT2D eigenvalue weighted by Gasteiger charge is 2.46. The summed E-state index contributed by atoms with van der Waals surface area (Å²) < 4.78 is 58.0. The number of rotatable bonds is 5. The normalized spacial score (nSPS) is 21.7. The van der Waals surface area contributed by atoms with Crippen LogP contribution in [0.3, 0.4) is 0 Å². The molecule has 27 heavy (non-hydrogen) atoms. The first-order valence-electron chi connectivity index (χ1n) is 8.41.